The third kappa shape index (κ3) is 4.77. The first-order valence-electron chi connectivity index (χ1n) is 11.1. The van der Waals surface area contributed by atoms with Crippen LogP contribution in [0.5, 0.6) is 0 Å². The average molecular weight is 499 g/mol. The Labute approximate surface area is 208 Å². The van der Waals surface area contributed by atoms with Gasteiger partial charge in [-0.3, -0.25) is 14.3 Å². The minimum Gasteiger partial charge on any atom is -0.362 e. The quantitative estimate of drug-likeness (QED) is 0.282. The highest BCUT2D eigenvalue weighted by Gasteiger charge is 2.24. The predicted molar refractivity (Wildman–Crippen MR) is 141 cm³/mol. The molecule has 0 saturated heterocycles. The number of anilines is 3. The van der Waals surface area contributed by atoms with Gasteiger partial charge in [-0.1, -0.05) is 24.3 Å². The van der Waals surface area contributed by atoms with Gasteiger partial charge in [-0.05, 0) is 71.8 Å². The molecule has 0 radical (unpaired) electrons. The number of carbonyl (C=O) groups excluding carboxylic acids is 2. The zero-order valence-electron chi connectivity index (χ0n) is 19.2. The number of rotatable bonds is 6. The van der Waals surface area contributed by atoms with Crippen LogP contribution in [0.2, 0.25) is 0 Å². The van der Waals surface area contributed by atoms with E-state index < -0.39 is 10.0 Å². The molecule has 2 heterocycles. The first kappa shape index (κ1) is 23.1. The van der Waals surface area contributed by atoms with Crippen LogP contribution in [0.25, 0.3) is 22.8 Å². The van der Waals surface area contributed by atoms with Crippen LogP contribution in [-0.4, -0.2) is 25.2 Å². The number of fused-ring (bicyclic) bond motifs is 1. The lowest BCUT2D eigenvalue weighted by Crippen LogP contribution is -2.13. The second-order valence-electron chi connectivity index (χ2n) is 8.29. The van der Waals surface area contributed by atoms with Crippen LogP contribution in [0.3, 0.4) is 0 Å². The van der Waals surface area contributed by atoms with Crippen molar-refractivity contribution in [3.05, 3.63) is 96.3 Å². The smallest absolute Gasteiger partial charge is 0.261 e. The van der Waals surface area contributed by atoms with Crippen molar-refractivity contribution in [3.63, 3.8) is 0 Å². The number of aromatic nitrogens is 1. The molecule has 0 spiro atoms. The van der Waals surface area contributed by atoms with Gasteiger partial charge in [-0.25, -0.2) is 8.42 Å². The Hall–Kier alpha value is -4.63. The second-order valence-corrected chi connectivity index (χ2v) is 9.97. The minimum atomic E-state index is -3.80. The number of aromatic amines is 1. The second kappa shape index (κ2) is 9.20. The molecular formula is C27H22N4O4S. The molecule has 5 rings (SSSR count). The third-order valence-electron chi connectivity index (χ3n) is 5.68. The molecule has 4 N–H and O–H groups in total. The fourth-order valence-corrected chi connectivity index (χ4v) is 5.03. The molecule has 1 aliphatic rings. The summed E-state index contributed by atoms with van der Waals surface area (Å²) in [5, 5.41) is 5.51. The molecule has 0 atom stereocenters. The highest BCUT2D eigenvalue weighted by Crippen LogP contribution is 2.36. The van der Waals surface area contributed by atoms with E-state index in [4.69, 9.17) is 0 Å². The van der Waals surface area contributed by atoms with E-state index in [0.717, 1.165) is 28.1 Å². The van der Waals surface area contributed by atoms with Crippen LogP contribution in [-0.2, 0) is 19.6 Å². The summed E-state index contributed by atoms with van der Waals surface area (Å²) >= 11 is 0. The van der Waals surface area contributed by atoms with Crippen LogP contribution in [0, 0.1) is 0 Å². The third-order valence-corrected chi connectivity index (χ3v) is 7.08. The monoisotopic (exact) mass is 498 g/mol. The lowest BCUT2D eigenvalue weighted by molar-refractivity contribution is -0.114. The number of hydrogen-bond donors (Lipinski definition) is 4. The fraction of sp³-hybridized carbons (Fsp3) is 0.0370. The van der Waals surface area contributed by atoms with Crippen molar-refractivity contribution in [1.29, 1.82) is 0 Å². The Balaban J connectivity index is 1.33. The van der Waals surface area contributed by atoms with Gasteiger partial charge in [0.15, 0.2) is 0 Å². The highest BCUT2D eigenvalue weighted by molar-refractivity contribution is 7.92. The molecule has 3 aromatic carbocycles. The van der Waals surface area contributed by atoms with Gasteiger partial charge in [-0.2, -0.15) is 0 Å². The van der Waals surface area contributed by atoms with Crippen LogP contribution >= 0.6 is 0 Å². The predicted octanol–water partition coefficient (Wildman–Crippen LogP) is 4.93. The van der Waals surface area contributed by atoms with Gasteiger partial charge in [0, 0.05) is 41.4 Å². The molecule has 36 heavy (non-hydrogen) atoms. The van der Waals surface area contributed by atoms with Gasteiger partial charge in [0.25, 0.3) is 15.9 Å². The summed E-state index contributed by atoms with van der Waals surface area (Å²) in [6, 6.07) is 22.4. The Morgan fingerprint density at radius 3 is 2.25 bits per heavy atom. The van der Waals surface area contributed by atoms with E-state index in [9.17, 15) is 18.0 Å². The standard InChI is InChI=1S/C27H22N4O4S/c1-17(32)29-20-9-11-23(12-10-20)36(34,35)31-21-7-4-18(5-8-21)19-6-13-24-25(16-22-3-2-14-28-22)27(33)30-26(24)15-19/h2-16,28,31H,1H3,(H,29,32)(H,30,33)/b25-16-. The topological polar surface area (TPSA) is 120 Å². The first-order chi connectivity index (χ1) is 17.3. The van der Waals surface area contributed by atoms with Crippen molar-refractivity contribution in [1.82, 2.24) is 4.98 Å². The van der Waals surface area contributed by atoms with E-state index >= 15 is 0 Å². The molecule has 4 aromatic rings. The van der Waals surface area contributed by atoms with E-state index in [1.807, 2.05) is 48.5 Å². The highest BCUT2D eigenvalue weighted by atomic mass is 32.2. The van der Waals surface area contributed by atoms with Crippen molar-refractivity contribution >= 4 is 50.5 Å². The van der Waals surface area contributed by atoms with Crippen molar-refractivity contribution in [3.8, 4) is 11.1 Å². The number of nitrogens with one attached hydrogen (secondary N) is 4. The summed E-state index contributed by atoms with van der Waals surface area (Å²) in [6.45, 7) is 1.38. The number of amides is 2. The maximum Gasteiger partial charge on any atom is 0.261 e. The van der Waals surface area contributed by atoms with Crippen LogP contribution < -0.4 is 15.4 Å². The molecule has 0 saturated carbocycles. The van der Waals surface area contributed by atoms with E-state index in [1.165, 1.54) is 31.2 Å². The average Bonchev–Trinajstić information content (AvgIpc) is 3.47. The summed E-state index contributed by atoms with van der Waals surface area (Å²) in [7, 11) is -3.80. The first-order valence-corrected chi connectivity index (χ1v) is 12.6. The molecule has 0 bridgehead atoms. The van der Waals surface area contributed by atoms with Crippen LogP contribution in [0.15, 0.2) is 90.0 Å². The van der Waals surface area contributed by atoms with E-state index in [-0.39, 0.29) is 16.7 Å². The number of H-pyrrole nitrogens is 1. The van der Waals surface area contributed by atoms with Crippen molar-refractivity contribution < 1.29 is 18.0 Å². The summed E-state index contributed by atoms with van der Waals surface area (Å²) in [6.07, 6.45) is 3.62. The molecule has 0 unspecified atom stereocenters. The van der Waals surface area contributed by atoms with Crippen LogP contribution in [0.4, 0.5) is 17.1 Å². The number of benzene rings is 3. The van der Waals surface area contributed by atoms with Crippen molar-refractivity contribution in [2.75, 3.05) is 15.4 Å². The largest absolute Gasteiger partial charge is 0.362 e. The number of carbonyl (C=O) groups is 2. The van der Waals surface area contributed by atoms with Gasteiger partial charge >= 0.3 is 0 Å². The SMILES string of the molecule is CC(=O)Nc1ccc(S(=O)(=O)Nc2ccc(-c3ccc4c(c3)NC(=O)/C4=C\c3ccc[nH]3)cc2)cc1. The lowest BCUT2D eigenvalue weighted by atomic mass is 10.00. The molecule has 180 valence electrons. The molecular weight excluding hydrogens is 476 g/mol. The Morgan fingerprint density at radius 1 is 0.889 bits per heavy atom. The number of sulfonamides is 1. The summed E-state index contributed by atoms with van der Waals surface area (Å²) in [5.41, 5.74) is 5.68. The fourth-order valence-electron chi connectivity index (χ4n) is 3.97. The summed E-state index contributed by atoms with van der Waals surface area (Å²) in [4.78, 5) is 26.8. The number of hydrogen-bond acceptors (Lipinski definition) is 4. The van der Waals surface area contributed by atoms with Gasteiger partial charge in [0.2, 0.25) is 5.91 Å². The maximum absolute atomic E-state index is 12.7. The molecule has 0 fully saturated rings. The molecule has 1 aromatic heterocycles. The van der Waals surface area contributed by atoms with Crippen molar-refractivity contribution in [2.45, 2.75) is 11.8 Å². The zero-order valence-corrected chi connectivity index (χ0v) is 20.0. The van der Waals surface area contributed by atoms with Gasteiger partial charge in [0.1, 0.15) is 0 Å². The maximum atomic E-state index is 12.7. The molecule has 1 aliphatic heterocycles. The molecule has 8 nitrogen and oxygen atoms in total. The lowest BCUT2D eigenvalue weighted by Gasteiger charge is -2.10. The van der Waals surface area contributed by atoms with E-state index in [2.05, 4.69) is 20.3 Å². The minimum absolute atomic E-state index is 0.0817. The van der Waals surface area contributed by atoms with E-state index in [1.54, 1.807) is 18.3 Å². The Kier molecular flexibility index (Phi) is 5.91. The Bertz CT molecular complexity index is 1590. The van der Waals surface area contributed by atoms with Crippen LogP contribution in [0.1, 0.15) is 18.2 Å². The molecule has 0 aliphatic carbocycles. The zero-order chi connectivity index (χ0) is 25.3. The Morgan fingerprint density at radius 2 is 1.58 bits per heavy atom. The summed E-state index contributed by atoms with van der Waals surface area (Å²) in [5.74, 6) is -0.394. The van der Waals surface area contributed by atoms with Crippen molar-refractivity contribution in [2.24, 2.45) is 0 Å². The molecule has 9 heteroatoms. The molecule has 2 amide bonds. The van der Waals surface area contributed by atoms with Gasteiger partial charge in [-0.15, -0.1) is 0 Å². The summed E-state index contributed by atoms with van der Waals surface area (Å²) < 4.78 is 28.1. The van der Waals surface area contributed by atoms with Gasteiger partial charge < -0.3 is 15.6 Å². The normalized spacial score (nSPS) is 13.8. The van der Waals surface area contributed by atoms with Gasteiger partial charge in [0.05, 0.1) is 10.5 Å². The van der Waals surface area contributed by atoms with E-state index in [0.29, 0.717) is 16.9 Å².